The molecule has 4 aromatic rings. The van der Waals surface area contributed by atoms with Gasteiger partial charge in [-0.25, -0.2) is 14.6 Å². The molecule has 1 N–H and O–H groups in total. The molecule has 0 atom stereocenters. The van der Waals surface area contributed by atoms with E-state index in [0.717, 1.165) is 11.4 Å². The van der Waals surface area contributed by atoms with Gasteiger partial charge in [-0.1, -0.05) is 25.4 Å². The maximum Gasteiger partial charge on any atom is 0.275 e. The summed E-state index contributed by atoms with van der Waals surface area (Å²) < 4.78 is 7.38. The summed E-state index contributed by atoms with van der Waals surface area (Å²) in [4.78, 5) is 21.7. The van der Waals surface area contributed by atoms with E-state index in [4.69, 9.17) is 16.0 Å². The summed E-state index contributed by atoms with van der Waals surface area (Å²) in [5.74, 6) is 0.954. The Hall–Kier alpha value is -3.19. The standard InChI is InChI=1S/C21H20ClN5O2/c1-11(2)21-24-16-10-14(5-7-17(16)29-21)23-20(28)19-15(22)6-8-18(25-19)27-13(4)9-12(3)26-27/h5-11H,1-4H3,(H,23,28). The average molecular weight is 410 g/mol. The smallest absolute Gasteiger partial charge is 0.275 e. The molecule has 4 rings (SSSR count). The number of fused-ring (bicyclic) bond motifs is 1. The zero-order chi connectivity index (χ0) is 20.7. The molecule has 0 spiro atoms. The Morgan fingerprint density at radius 1 is 1.14 bits per heavy atom. The van der Waals surface area contributed by atoms with Crippen LogP contribution in [0.1, 0.15) is 47.5 Å². The Morgan fingerprint density at radius 2 is 1.93 bits per heavy atom. The van der Waals surface area contributed by atoms with Gasteiger partial charge in [0, 0.05) is 17.3 Å². The first-order valence-electron chi connectivity index (χ1n) is 9.24. The largest absolute Gasteiger partial charge is 0.440 e. The molecule has 3 aromatic heterocycles. The second-order valence-corrected chi connectivity index (χ2v) is 7.59. The summed E-state index contributed by atoms with van der Waals surface area (Å²) >= 11 is 6.24. The van der Waals surface area contributed by atoms with Crippen molar-refractivity contribution in [3.8, 4) is 5.82 Å². The number of aromatic nitrogens is 4. The number of amides is 1. The van der Waals surface area contributed by atoms with Gasteiger partial charge < -0.3 is 9.73 Å². The molecule has 1 aromatic carbocycles. The van der Waals surface area contributed by atoms with Gasteiger partial charge in [0.25, 0.3) is 5.91 Å². The van der Waals surface area contributed by atoms with Gasteiger partial charge in [-0.2, -0.15) is 5.10 Å². The minimum atomic E-state index is -0.412. The molecule has 7 nitrogen and oxygen atoms in total. The molecule has 148 valence electrons. The normalized spacial score (nSPS) is 11.4. The Labute approximate surface area is 172 Å². The van der Waals surface area contributed by atoms with Gasteiger partial charge in [0.15, 0.2) is 17.3 Å². The molecule has 0 radical (unpaired) electrons. The number of rotatable bonds is 4. The first kappa shape index (κ1) is 19.1. The molecule has 0 aliphatic heterocycles. The topological polar surface area (TPSA) is 85.8 Å². The molecular weight excluding hydrogens is 390 g/mol. The number of carbonyl (C=O) groups excluding carboxylic acids is 1. The summed E-state index contributed by atoms with van der Waals surface area (Å²) in [6, 6.07) is 10.6. The number of hydrogen-bond acceptors (Lipinski definition) is 5. The van der Waals surface area contributed by atoms with E-state index >= 15 is 0 Å². The molecule has 0 aliphatic carbocycles. The molecule has 8 heteroatoms. The van der Waals surface area contributed by atoms with E-state index < -0.39 is 5.91 Å². The third-order valence-corrected chi connectivity index (χ3v) is 4.73. The Bertz CT molecular complexity index is 1230. The van der Waals surface area contributed by atoms with Crippen LogP contribution in [0.4, 0.5) is 5.69 Å². The van der Waals surface area contributed by atoms with Crippen LogP contribution in [0.15, 0.2) is 40.8 Å². The SMILES string of the molecule is Cc1cc(C)n(-c2ccc(Cl)c(C(=O)Nc3ccc4oc(C(C)C)nc4c3)n2)n1. The Morgan fingerprint density at radius 3 is 2.62 bits per heavy atom. The van der Waals surface area contributed by atoms with Gasteiger partial charge in [-0.3, -0.25) is 4.79 Å². The van der Waals surface area contributed by atoms with E-state index in [-0.39, 0.29) is 16.6 Å². The van der Waals surface area contributed by atoms with Crippen LogP contribution in [0.25, 0.3) is 16.9 Å². The molecular formula is C21H20ClN5O2. The quantitative estimate of drug-likeness (QED) is 0.509. The predicted octanol–water partition coefficient (Wildman–Crippen LogP) is 5.05. The Kier molecular flexibility index (Phi) is 4.84. The fourth-order valence-corrected chi connectivity index (χ4v) is 3.22. The molecule has 0 bridgehead atoms. The highest BCUT2D eigenvalue weighted by Crippen LogP contribution is 2.25. The van der Waals surface area contributed by atoms with Crippen molar-refractivity contribution in [2.45, 2.75) is 33.6 Å². The van der Waals surface area contributed by atoms with Crippen LogP contribution in [0.5, 0.6) is 0 Å². The minimum Gasteiger partial charge on any atom is -0.440 e. The molecule has 0 saturated heterocycles. The first-order valence-corrected chi connectivity index (χ1v) is 9.61. The summed E-state index contributed by atoms with van der Waals surface area (Å²) in [6.07, 6.45) is 0. The van der Waals surface area contributed by atoms with Crippen molar-refractivity contribution >= 4 is 34.3 Å². The van der Waals surface area contributed by atoms with Gasteiger partial charge in [-0.15, -0.1) is 0 Å². The minimum absolute atomic E-state index is 0.125. The highest BCUT2D eigenvalue weighted by atomic mass is 35.5. The first-order chi connectivity index (χ1) is 13.8. The fourth-order valence-electron chi connectivity index (χ4n) is 3.03. The van der Waals surface area contributed by atoms with Crippen LogP contribution in [0.3, 0.4) is 0 Å². The van der Waals surface area contributed by atoms with Crippen LogP contribution >= 0.6 is 11.6 Å². The van der Waals surface area contributed by atoms with E-state index in [9.17, 15) is 4.79 Å². The number of hydrogen-bond donors (Lipinski definition) is 1. The molecule has 0 fully saturated rings. The lowest BCUT2D eigenvalue weighted by Gasteiger charge is -2.09. The summed E-state index contributed by atoms with van der Waals surface area (Å²) in [5.41, 5.74) is 3.85. The predicted molar refractivity (Wildman–Crippen MR) is 112 cm³/mol. The van der Waals surface area contributed by atoms with Gasteiger partial charge in [-0.05, 0) is 50.2 Å². The van der Waals surface area contributed by atoms with Crippen LogP contribution < -0.4 is 5.32 Å². The lowest BCUT2D eigenvalue weighted by atomic mass is 10.2. The van der Waals surface area contributed by atoms with E-state index in [0.29, 0.717) is 28.5 Å². The van der Waals surface area contributed by atoms with E-state index in [2.05, 4.69) is 20.4 Å². The zero-order valence-corrected chi connectivity index (χ0v) is 17.3. The van der Waals surface area contributed by atoms with Crippen molar-refractivity contribution in [1.82, 2.24) is 19.7 Å². The number of halogens is 1. The van der Waals surface area contributed by atoms with Gasteiger partial charge in [0.05, 0.1) is 10.7 Å². The number of oxazole rings is 1. The van der Waals surface area contributed by atoms with Crippen molar-refractivity contribution in [2.75, 3.05) is 5.32 Å². The van der Waals surface area contributed by atoms with Crippen LogP contribution in [-0.4, -0.2) is 25.7 Å². The van der Waals surface area contributed by atoms with Gasteiger partial charge in [0.2, 0.25) is 0 Å². The van der Waals surface area contributed by atoms with Crippen LogP contribution in [-0.2, 0) is 0 Å². The van der Waals surface area contributed by atoms with Crippen molar-refractivity contribution in [3.05, 3.63) is 64.4 Å². The zero-order valence-electron chi connectivity index (χ0n) is 16.5. The van der Waals surface area contributed by atoms with Gasteiger partial charge >= 0.3 is 0 Å². The van der Waals surface area contributed by atoms with Crippen LogP contribution in [0, 0.1) is 13.8 Å². The maximum atomic E-state index is 12.8. The van der Waals surface area contributed by atoms with Crippen molar-refractivity contribution < 1.29 is 9.21 Å². The molecule has 0 saturated carbocycles. The number of anilines is 1. The summed E-state index contributed by atoms with van der Waals surface area (Å²) in [7, 11) is 0. The van der Waals surface area contributed by atoms with E-state index in [1.165, 1.54) is 0 Å². The number of pyridine rings is 1. The molecule has 29 heavy (non-hydrogen) atoms. The highest BCUT2D eigenvalue weighted by molar-refractivity contribution is 6.34. The lowest BCUT2D eigenvalue weighted by molar-refractivity contribution is 0.102. The highest BCUT2D eigenvalue weighted by Gasteiger charge is 2.17. The summed E-state index contributed by atoms with van der Waals surface area (Å²) in [5, 5.41) is 7.50. The van der Waals surface area contributed by atoms with E-state index in [1.54, 1.807) is 35.0 Å². The molecule has 0 aliphatic rings. The third kappa shape index (κ3) is 3.73. The van der Waals surface area contributed by atoms with Crippen molar-refractivity contribution in [3.63, 3.8) is 0 Å². The van der Waals surface area contributed by atoms with E-state index in [1.807, 2.05) is 33.8 Å². The van der Waals surface area contributed by atoms with Crippen molar-refractivity contribution in [2.24, 2.45) is 0 Å². The van der Waals surface area contributed by atoms with Gasteiger partial charge in [0.1, 0.15) is 11.2 Å². The number of nitrogens with one attached hydrogen (secondary N) is 1. The third-order valence-electron chi connectivity index (χ3n) is 4.43. The van der Waals surface area contributed by atoms with Crippen molar-refractivity contribution in [1.29, 1.82) is 0 Å². The second kappa shape index (κ2) is 7.33. The molecule has 0 unspecified atom stereocenters. The number of nitrogens with zero attached hydrogens (tertiary/aromatic N) is 4. The fraction of sp³-hybridized carbons (Fsp3) is 0.238. The monoisotopic (exact) mass is 409 g/mol. The lowest BCUT2D eigenvalue weighted by Crippen LogP contribution is -2.16. The maximum absolute atomic E-state index is 12.8. The molecule has 3 heterocycles. The Balaban J connectivity index is 1.63. The number of carbonyl (C=O) groups is 1. The summed E-state index contributed by atoms with van der Waals surface area (Å²) in [6.45, 7) is 7.85. The average Bonchev–Trinajstić information content (AvgIpc) is 3.24. The number of aryl methyl sites for hydroxylation is 2. The second-order valence-electron chi connectivity index (χ2n) is 7.18. The molecule has 1 amide bonds. The number of benzene rings is 1. The van der Waals surface area contributed by atoms with Crippen LogP contribution in [0.2, 0.25) is 5.02 Å².